The minimum atomic E-state index is -0.447. The molecule has 0 bridgehead atoms. The maximum Gasteiger partial charge on any atom is 0.337 e. The zero-order chi connectivity index (χ0) is 12.0. The van der Waals surface area contributed by atoms with Crippen LogP contribution in [0.1, 0.15) is 22.3 Å². The fraction of sp³-hybridized carbons (Fsp3) is 0.250. The lowest BCUT2D eigenvalue weighted by Gasteiger charge is -2.01. The lowest BCUT2D eigenvalue weighted by atomic mass is 10.1. The number of rotatable bonds is 2. The van der Waals surface area contributed by atoms with Gasteiger partial charge in [-0.25, -0.2) is 4.79 Å². The predicted molar refractivity (Wildman–Crippen MR) is 60.8 cm³/mol. The second-order valence-corrected chi connectivity index (χ2v) is 3.11. The number of hydrogen-bond acceptors (Lipinski definition) is 4. The van der Waals surface area contributed by atoms with Gasteiger partial charge in [0.25, 0.3) is 0 Å². The van der Waals surface area contributed by atoms with E-state index in [0.717, 1.165) is 0 Å². The van der Waals surface area contributed by atoms with Gasteiger partial charge in [-0.1, -0.05) is 11.8 Å². The van der Waals surface area contributed by atoms with Crippen LogP contribution < -0.4 is 5.73 Å². The van der Waals surface area contributed by atoms with E-state index in [0.29, 0.717) is 23.2 Å². The average molecular weight is 219 g/mol. The third kappa shape index (κ3) is 3.30. The highest BCUT2D eigenvalue weighted by Crippen LogP contribution is 2.12. The summed E-state index contributed by atoms with van der Waals surface area (Å²) in [5.74, 6) is 5.12. The molecule has 1 aromatic rings. The van der Waals surface area contributed by atoms with Crippen molar-refractivity contribution < 1.29 is 14.6 Å². The number of ether oxygens (including phenoxy) is 1. The van der Waals surface area contributed by atoms with E-state index in [1.54, 1.807) is 12.1 Å². The molecule has 0 aliphatic heterocycles. The Morgan fingerprint density at radius 2 is 2.25 bits per heavy atom. The molecule has 0 saturated carbocycles. The summed E-state index contributed by atoms with van der Waals surface area (Å²) in [5, 5.41) is 8.58. The smallest absolute Gasteiger partial charge is 0.337 e. The van der Waals surface area contributed by atoms with Crippen LogP contribution in [-0.2, 0) is 4.74 Å². The SMILES string of the molecule is COC(=O)c1cc(N)cc(C#CCCO)c1. The summed E-state index contributed by atoms with van der Waals surface area (Å²) in [5.41, 5.74) is 7.09. The topological polar surface area (TPSA) is 72.5 Å². The third-order valence-corrected chi connectivity index (χ3v) is 1.85. The molecule has 0 unspecified atom stereocenters. The van der Waals surface area contributed by atoms with Crippen molar-refractivity contribution in [2.45, 2.75) is 6.42 Å². The lowest BCUT2D eigenvalue weighted by Crippen LogP contribution is -2.02. The predicted octanol–water partition coefficient (Wildman–Crippen LogP) is 0.789. The Kier molecular flexibility index (Phi) is 4.37. The molecule has 16 heavy (non-hydrogen) atoms. The van der Waals surface area contributed by atoms with Crippen molar-refractivity contribution in [2.24, 2.45) is 0 Å². The molecular weight excluding hydrogens is 206 g/mol. The van der Waals surface area contributed by atoms with Crippen LogP contribution in [-0.4, -0.2) is 24.8 Å². The Hall–Kier alpha value is -1.99. The highest BCUT2D eigenvalue weighted by molar-refractivity contribution is 5.90. The number of carbonyl (C=O) groups excluding carboxylic acids is 1. The summed E-state index contributed by atoms with van der Waals surface area (Å²) in [4.78, 5) is 11.3. The molecule has 0 aromatic heterocycles. The summed E-state index contributed by atoms with van der Waals surface area (Å²) < 4.78 is 4.59. The molecule has 1 rings (SSSR count). The largest absolute Gasteiger partial charge is 0.465 e. The average Bonchev–Trinajstić information content (AvgIpc) is 2.27. The van der Waals surface area contributed by atoms with Crippen molar-refractivity contribution in [1.29, 1.82) is 0 Å². The summed E-state index contributed by atoms with van der Waals surface area (Å²) in [6.45, 7) is 0.0131. The third-order valence-electron chi connectivity index (χ3n) is 1.85. The Morgan fingerprint density at radius 3 is 2.88 bits per heavy atom. The zero-order valence-electron chi connectivity index (χ0n) is 8.99. The van der Waals surface area contributed by atoms with Gasteiger partial charge in [-0.2, -0.15) is 0 Å². The van der Waals surface area contributed by atoms with Gasteiger partial charge in [0, 0.05) is 17.7 Å². The van der Waals surface area contributed by atoms with E-state index < -0.39 is 5.97 Å². The number of aliphatic hydroxyl groups excluding tert-OH is 1. The van der Waals surface area contributed by atoms with Gasteiger partial charge in [0.1, 0.15) is 0 Å². The first-order valence-electron chi connectivity index (χ1n) is 4.76. The van der Waals surface area contributed by atoms with E-state index in [-0.39, 0.29) is 6.61 Å². The van der Waals surface area contributed by atoms with Crippen molar-refractivity contribution in [3.8, 4) is 11.8 Å². The number of hydrogen-bond donors (Lipinski definition) is 2. The van der Waals surface area contributed by atoms with Crippen molar-refractivity contribution in [2.75, 3.05) is 19.5 Å². The minimum absolute atomic E-state index is 0.0131. The van der Waals surface area contributed by atoms with Crippen LogP contribution in [0.3, 0.4) is 0 Å². The molecule has 1 aromatic carbocycles. The fourth-order valence-corrected chi connectivity index (χ4v) is 1.18. The summed E-state index contributed by atoms with van der Waals surface area (Å²) in [6, 6.07) is 4.80. The molecule has 0 saturated heterocycles. The zero-order valence-corrected chi connectivity index (χ0v) is 8.99. The van der Waals surface area contributed by atoms with Gasteiger partial charge >= 0.3 is 5.97 Å². The number of carbonyl (C=O) groups is 1. The number of benzene rings is 1. The summed E-state index contributed by atoms with van der Waals surface area (Å²) >= 11 is 0. The molecular formula is C12H13NO3. The van der Waals surface area contributed by atoms with Gasteiger partial charge in [0.05, 0.1) is 19.3 Å². The number of nitrogens with two attached hydrogens (primary N) is 1. The van der Waals surface area contributed by atoms with Gasteiger partial charge < -0.3 is 15.6 Å². The van der Waals surface area contributed by atoms with Gasteiger partial charge in [0.15, 0.2) is 0 Å². The molecule has 4 heteroatoms. The van der Waals surface area contributed by atoms with Crippen molar-refractivity contribution in [3.05, 3.63) is 29.3 Å². The fourth-order valence-electron chi connectivity index (χ4n) is 1.18. The van der Waals surface area contributed by atoms with Crippen LogP contribution in [0.5, 0.6) is 0 Å². The summed E-state index contributed by atoms with van der Waals surface area (Å²) in [6.07, 6.45) is 0.391. The highest BCUT2D eigenvalue weighted by atomic mass is 16.5. The molecule has 0 aliphatic carbocycles. The van der Waals surface area contributed by atoms with Crippen molar-refractivity contribution in [1.82, 2.24) is 0 Å². The molecule has 3 N–H and O–H groups in total. The maximum absolute atomic E-state index is 11.3. The molecule has 0 aliphatic rings. The second-order valence-electron chi connectivity index (χ2n) is 3.11. The second kappa shape index (κ2) is 5.79. The minimum Gasteiger partial charge on any atom is -0.465 e. The first-order valence-corrected chi connectivity index (χ1v) is 4.76. The van der Waals surface area contributed by atoms with E-state index in [9.17, 15) is 4.79 Å². The maximum atomic E-state index is 11.3. The van der Waals surface area contributed by atoms with Crippen LogP contribution in [0.4, 0.5) is 5.69 Å². The van der Waals surface area contributed by atoms with E-state index >= 15 is 0 Å². The number of nitrogen functional groups attached to an aromatic ring is 1. The molecule has 0 spiro atoms. The normalized spacial score (nSPS) is 9.12. The van der Waals surface area contributed by atoms with Gasteiger partial charge in [-0.05, 0) is 18.2 Å². The van der Waals surface area contributed by atoms with Crippen LogP contribution in [0, 0.1) is 11.8 Å². The van der Waals surface area contributed by atoms with Crippen LogP contribution in [0.2, 0.25) is 0 Å². The number of methoxy groups -OCH3 is 1. The quantitative estimate of drug-likeness (QED) is 0.438. The Balaban J connectivity index is 3.00. The number of anilines is 1. The molecule has 0 heterocycles. The molecule has 0 fully saturated rings. The van der Waals surface area contributed by atoms with Crippen LogP contribution in [0.25, 0.3) is 0 Å². The van der Waals surface area contributed by atoms with Gasteiger partial charge in [-0.3, -0.25) is 0 Å². The molecule has 0 radical (unpaired) electrons. The lowest BCUT2D eigenvalue weighted by molar-refractivity contribution is 0.0600. The Morgan fingerprint density at radius 1 is 1.50 bits per heavy atom. The first-order chi connectivity index (χ1) is 7.67. The van der Waals surface area contributed by atoms with Crippen LogP contribution in [0.15, 0.2) is 18.2 Å². The molecule has 0 atom stereocenters. The highest BCUT2D eigenvalue weighted by Gasteiger charge is 2.06. The van der Waals surface area contributed by atoms with Gasteiger partial charge in [0.2, 0.25) is 0 Å². The summed E-state index contributed by atoms with van der Waals surface area (Å²) in [7, 11) is 1.31. The molecule has 0 amide bonds. The van der Waals surface area contributed by atoms with E-state index in [1.165, 1.54) is 13.2 Å². The number of aliphatic hydroxyl groups is 1. The van der Waals surface area contributed by atoms with Crippen molar-refractivity contribution in [3.63, 3.8) is 0 Å². The standard InChI is InChI=1S/C12H13NO3/c1-16-12(15)10-6-9(4-2-3-5-14)7-11(13)8-10/h6-8,14H,3,5,13H2,1H3. The number of esters is 1. The van der Waals surface area contributed by atoms with Crippen molar-refractivity contribution >= 4 is 11.7 Å². The van der Waals surface area contributed by atoms with E-state index in [1.807, 2.05) is 0 Å². The first kappa shape index (κ1) is 12.1. The molecule has 84 valence electrons. The van der Waals surface area contributed by atoms with E-state index in [2.05, 4.69) is 16.6 Å². The molecule has 4 nitrogen and oxygen atoms in total. The van der Waals surface area contributed by atoms with Gasteiger partial charge in [-0.15, -0.1) is 0 Å². The Labute approximate surface area is 94.0 Å². The monoisotopic (exact) mass is 219 g/mol. The van der Waals surface area contributed by atoms with Crippen LogP contribution >= 0.6 is 0 Å². The van der Waals surface area contributed by atoms with E-state index in [4.69, 9.17) is 10.8 Å². The Bertz CT molecular complexity index is 443.